The number of hydrogen-bond acceptors (Lipinski definition) is 6. The highest BCUT2D eigenvalue weighted by Crippen LogP contribution is 2.31. The number of rotatable bonds is 6. The van der Waals surface area contributed by atoms with Gasteiger partial charge in [0.1, 0.15) is 5.75 Å². The van der Waals surface area contributed by atoms with Crippen molar-refractivity contribution < 1.29 is 17.9 Å². The van der Waals surface area contributed by atoms with Crippen molar-refractivity contribution >= 4 is 22.7 Å². The molecule has 0 saturated carbocycles. The summed E-state index contributed by atoms with van der Waals surface area (Å²) >= 11 is 0. The quantitative estimate of drug-likeness (QED) is 0.459. The first-order chi connectivity index (χ1) is 17.1. The number of halogens is 3. The van der Waals surface area contributed by atoms with Gasteiger partial charge >= 0.3 is 12.1 Å². The molecule has 3 heterocycles. The van der Waals surface area contributed by atoms with Crippen molar-refractivity contribution in [3.8, 4) is 5.75 Å². The van der Waals surface area contributed by atoms with Crippen molar-refractivity contribution in [3.63, 3.8) is 0 Å². The van der Waals surface area contributed by atoms with Gasteiger partial charge in [-0.25, -0.2) is 4.79 Å². The van der Waals surface area contributed by atoms with E-state index in [9.17, 15) is 18.0 Å². The Labute approximate surface area is 206 Å². The molecule has 1 aromatic carbocycles. The van der Waals surface area contributed by atoms with Crippen LogP contribution in [0.25, 0.3) is 15.9 Å². The Balaban J connectivity index is 1.62. The summed E-state index contributed by atoms with van der Waals surface area (Å²) in [5.74, 6) is 0.475. The largest absolute Gasteiger partial charge is 0.573 e. The summed E-state index contributed by atoms with van der Waals surface area (Å²) in [5.41, 5.74) is 1.63. The molecule has 2 aromatic heterocycles. The van der Waals surface area contributed by atoms with E-state index in [-0.39, 0.29) is 29.3 Å². The third-order valence-corrected chi connectivity index (χ3v) is 6.60. The van der Waals surface area contributed by atoms with Gasteiger partial charge in [-0.1, -0.05) is 32.6 Å². The van der Waals surface area contributed by atoms with E-state index in [0.717, 1.165) is 18.4 Å². The molecule has 1 aliphatic heterocycles. The molecule has 4 rings (SSSR count). The van der Waals surface area contributed by atoms with Crippen molar-refractivity contribution in [2.75, 3.05) is 18.0 Å². The zero-order valence-corrected chi connectivity index (χ0v) is 20.3. The average Bonchev–Trinajstić information content (AvgIpc) is 2.86. The van der Waals surface area contributed by atoms with Crippen LogP contribution >= 0.6 is 0 Å². The number of aromatic nitrogens is 3. The Hall–Kier alpha value is -3.65. The summed E-state index contributed by atoms with van der Waals surface area (Å²) in [5, 5.41) is 0. The highest BCUT2D eigenvalue weighted by Gasteiger charge is 2.35. The molecule has 0 bridgehead atoms. The topological polar surface area (TPSA) is 67.9 Å². The van der Waals surface area contributed by atoms with Crippen LogP contribution in [0, 0.1) is 6.57 Å². The Morgan fingerprint density at radius 1 is 1.06 bits per heavy atom. The van der Waals surface area contributed by atoms with E-state index in [1.807, 2.05) is 0 Å². The normalized spacial score (nSPS) is 18.9. The molecule has 0 N–H and O–H groups in total. The van der Waals surface area contributed by atoms with Crippen LogP contribution in [0.2, 0.25) is 0 Å². The number of pyridine rings is 1. The molecule has 0 amide bonds. The minimum atomic E-state index is -4.72. The van der Waals surface area contributed by atoms with E-state index in [2.05, 4.69) is 43.2 Å². The fraction of sp³-hybridized carbons (Fsp3) is 0.440. The fourth-order valence-corrected chi connectivity index (χ4v) is 4.69. The number of anilines is 1. The summed E-state index contributed by atoms with van der Waals surface area (Å²) in [6, 6.07) is 9.41. The summed E-state index contributed by atoms with van der Waals surface area (Å²) in [6.07, 6.45) is -3.11. The van der Waals surface area contributed by atoms with Crippen LogP contribution in [0.5, 0.6) is 5.75 Å². The molecule has 11 heteroatoms. The minimum Gasteiger partial charge on any atom is -0.406 e. The number of fused-ring (bicyclic) bond motifs is 1. The third kappa shape index (κ3) is 5.28. The molecule has 1 fully saturated rings. The van der Waals surface area contributed by atoms with Gasteiger partial charge < -0.3 is 14.5 Å². The van der Waals surface area contributed by atoms with Gasteiger partial charge in [-0.2, -0.15) is 4.98 Å². The van der Waals surface area contributed by atoms with Crippen molar-refractivity contribution in [3.05, 3.63) is 63.9 Å². The van der Waals surface area contributed by atoms with Crippen LogP contribution in [0.4, 0.5) is 24.8 Å². The number of ether oxygens (including phenoxy) is 1. The number of benzene rings is 1. The van der Waals surface area contributed by atoms with Crippen molar-refractivity contribution in [2.45, 2.75) is 51.7 Å². The Bertz CT molecular complexity index is 1330. The summed E-state index contributed by atoms with van der Waals surface area (Å²) in [4.78, 5) is 29.4. The van der Waals surface area contributed by atoms with Gasteiger partial charge in [0, 0.05) is 38.8 Å². The van der Waals surface area contributed by atoms with Gasteiger partial charge in [0.25, 0.3) is 5.82 Å². The molecular weight excluding hydrogens is 473 g/mol. The van der Waals surface area contributed by atoms with Crippen LogP contribution in [0.1, 0.15) is 32.3 Å². The zero-order chi connectivity index (χ0) is 26.0. The highest BCUT2D eigenvalue weighted by molar-refractivity contribution is 5.87. The van der Waals surface area contributed by atoms with E-state index >= 15 is 0 Å². The average molecular weight is 501 g/mol. The van der Waals surface area contributed by atoms with Crippen molar-refractivity contribution in [1.82, 2.24) is 19.4 Å². The lowest BCUT2D eigenvalue weighted by Gasteiger charge is -2.46. The van der Waals surface area contributed by atoms with E-state index < -0.39 is 6.36 Å². The summed E-state index contributed by atoms with van der Waals surface area (Å²) < 4.78 is 42.8. The van der Waals surface area contributed by atoms with Crippen molar-refractivity contribution in [1.29, 1.82) is 0 Å². The predicted molar refractivity (Wildman–Crippen MR) is 130 cm³/mol. The first kappa shape index (κ1) is 25.4. The SMILES string of the molecule is [C-]#[N+]c1ccc2c(n1)c(N1C[C@@H](CC)N(Cc3ccc(OC(F)(F)F)cc3)C[C@@H]1CC)nc(=O)n2C. The molecule has 1 saturated heterocycles. The maximum absolute atomic E-state index is 12.7. The van der Waals surface area contributed by atoms with Crippen LogP contribution < -0.4 is 15.3 Å². The lowest BCUT2D eigenvalue weighted by atomic mass is 10.0. The Morgan fingerprint density at radius 3 is 2.36 bits per heavy atom. The van der Waals surface area contributed by atoms with Crippen LogP contribution in [-0.4, -0.2) is 51.0 Å². The summed E-state index contributed by atoms with van der Waals surface area (Å²) in [7, 11) is 1.63. The van der Waals surface area contributed by atoms with E-state index in [4.69, 9.17) is 6.57 Å². The van der Waals surface area contributed by atoms with Gasteiger partial charge in [0.05, 0.1) is 5.52 Å². The number of nitrogens with zero attached hydrogens (tertiary/aromatic N) is 6. The maximum atomic E-state index is 12.7. The molecule has 36 heavy (non-hydrogen) atoms. The lowest BCUT2D eigenvalue weighted by Crippen LogP contribution is -2.58. The second-order valence-electron chi connectivity index (χ2n) is 8.82. The van der Waals surface area contributed by atoms with Gasteiger partial charge in [0.15, 0.2) is 5.82 Å². The molecule has 1 aliphatic rings. The van der Waals surface area contributed by atoms with Gasteiger partial charge in [-0.05, 0) is 42.7 Å². The van der Waals surface area contributed by atoms with Gasteiger partial charge in [-0.15, -0.1) is 18.2 Å². The Morgan fingerprint density at radius 2 is 1.75 bits per heavy atom. The van der Waals surface area contributed by atoms with E-state index in [0.29, 0.717) is 36.5 Å². The predicted octanol–water partition coefficient (Wildman–Crippen LogP) is 4.66. The van der Waals surface area contributed by atoms with E-state index in [1.165, 1.54) is 16.7 Å². The standard InChI is InChI=1S/C25H27F3N6O2/c1-5-17-15-34(23-22-20(32(4)24(35)31-23)11-12-21(29-3)30-22)18(6-2)14-33(17)13-16-7-9-19(10-8-16)36-25(26,27)28/h7-12,17-18H,5-6,13-15H2,1-2,4H3/t17-,18+/m1/s1. The molecule has 0 aliphatic carbocycles. The monoisotopic (exact) mass is 500 g/mol. The van der Waals surface area contributed by atoms with Crippen LogP contribution in [0.3, 0.4) is 0 Å². The van der Waals surface area contributed by atoms with Crippen LogP contribution in [0.15, 0.2) is 41.2 Å². The number of hydrogen-bond donors (Lipinski definition) is 0. The first-order valence-electron chi connectivity index (χ1n) is 11.7. The number of alkyl halides is 3. The summed E-state index contributed by atoms with van der Waals surface area (Å²) in [6.45, 7) is 13.3. The second kappa shape index (κ2) is 10.1. The molecule has 0 unspecified atom stereocenters. The van der Waals surface area contributed by atoms with Gasteiger partial charge in [-0.3, -0.25) is 9.47 Å². The van der Waals surface area contributed by atoms with Gasteiger partial charge in [0.2, 0.25) is 5.52 Å². The maximum Gasteiger partial charge on any atom is 0.573 e. The smallest absolute Gasteiger partial charge is 0.406 e. The molecular formula is C25H27F3N6O2. The van der Waals surface area contributed by atoms with Crippen molar-refractivity contribution in [2.24, 2.45) is 7.05 Å². The zero-order valence-electron chi connectivity index (χ0n) is 20.3. The molecule has 8 nitrogen and oxygen atoms in total. The first-order valence-corrected chi connectivity index (χ1v) is 11.7. The fourth-order valence-electron chi connectivity index (χ4n) is 4.69. The number of piperazine rings is 1. The van der Waals surface area contributed by atoms with E-state index in [1.54, 1.807) is 31.3 Å². The lowest BCUT2D eigenvalue weighted by molar-refractivity contribution is -0.274. The highest BCUT2D eigenvalue weighted by atomic mass is 19.4. The minimum absolute atomic E-state index is 0.0295. The Kier molecular flexibility index (Phi) is 7.17. The molecule has 0 radical (unpaired) electrons. The third-order valence-electron chi connectivity index (χ3n) is 6.60. The second-order valence-corrected chi connectivity index (χ2v) is 8.82. The molecule has 190 valence electrons. The molecule has 0 spiro atoms. The number of aryl methyl sites for hydroxylation is 1. The molecule has 2 atom stereocenters. The molecule has 3 aromatic rings. The van der Waals surface area contributed by atoms with Crippen LogP contribution in [-0.2, 0) is 13.6 Å².